The van der Waals surface area contributed by atoms with Crippen molar-refractivity contribution in [3.63, 3.8) is 0 Å². The molecule has 0 saturated carbocycles. The second-order valence-corrected chi connectivity index (χ2v) is 6.06. The zero-order valence-corrected chi connectivity index (χ0v) is 13.7. The van der Waals surface area contributed by atoms with Gasteiger partial charge >= 0.3 is 0 Å². The number of hydrogen-bond donors (Lipinski definition) is 3. The summed E-state index contributed by atoms with van der Waals surface area (Å²) in [5, 5.41) is 8.63. The van der Waals surface area contributed by atoms with Crippen molar-refractivity contribution in [3.05, 3.63) is 23.8 Å². The van der Waals surface area contributed by atoms with Crippen LogP contribution in [0.3, 0.4) is 0 Å². The highest BCUT2D eigenvalue weighted by Crippen LogP contribution is 2.35. The Bertz CT molecular complexity index is 525. The topological polar surface area (TPSA) is 70.2 Å². The van der Waals surface area contributed by atoms with Crippen LogP contribution in [0.2, 0.25) is 0 Å². The summed E-state index contributed by atoms with van der Waals surface area (Å²) in [6.45, 7) is 3.37. The molecule has 1 atom stereocenters. The number of anilines is 1. The minimum absolute atomic E-state index is 0. The molecule has 116 valence electrons. The Kier molecular flexibility index (Phi) is 7.01. The third kappa shape index (κ3) is 4.62. The Balaban J connectivity index is 0.00000220. The van der Waals surface area contributed by atoms with E-state index in [-0.39, 0.29) is 29.5 Å². The number of thioether (sulfide) groups is 1. The van der Waals surface area contributed by atoms with E-state index in [9.17, 15) is 9.59 Å². The van der Waals surface area contributed by atoms with E-state index in [1.54, 1.807) is 12.1 Å². The molecule has 1 aliphatic rings. The van der Waals surface area contributed by atoms with Gasteiger partial charge in [-0.25, -0.2) is 0 Å². The van der Waals surface area contributed by atoms with Gasteiger partial charge in [0.2, 0.25) is 5.91 Å². The van der Waals surface area contributed by atoms with Gasteiger partial charge in [-0.15, -0.1) is 24.2 Å². The van der Waals surface area contributed by atoms with Crippen molar-refractivity contribution in [2.45, 2.75) is 23.5 Å². The van der Waals surface area contributed by atoms with Crippen LogP contribution in [0.4, 0.5) is 5.69 Å². The molecule has 1 aromatic rings. The molecule has 0 aliphatic carbocycles. The maximum atomic E-state index is 12.0. The Morgan fingerprint density at radius 2 is 2.14 bits per heavy atom. The first-order valence-electron chi connectivity index (χ1n) is 6.66. The van der Waals surface area contributed by atoms with Crippen LogP contribution in [0.5, 0.6) is 0 Å². The quantitative estimate of drug-likeness (QED) is 0.721. The van der Waals surface area contributed by atoms with Gasteiger partial charge in [0.05, 0.1) is 10.9 Å². The first-order valence-corrected chi connectivity index (χ1v) is 7.54. The van der Waals surface area contributed by atoms with Gasteiger partial charge in [0.25, 0.3) is 5.91 Å². The Morgan fingerprint density at radius 3 is 2.86 bits per heavy atom. The number of nitrogens with one attached hydrogen (secondary N) is 3. The summed E-state index contributed by atoms with van der Waals surface area (Å²) < 4.78 is 0. The number of benzene rings is 1. The van der Waals surface area contributed by atoms with Gasteiger partial charge < -0.3 is 16.0 Å². The van der Waals surface area contributed by atoms with Crippen LogP contribution >= 0.6 is 24.2 Å². The summed E-state index contributed by atoms with van der Waals surface area (Å²) in [6.07, 6.45) is 0.886. The maximum Gasteiger partial charge on any atom is 0.251 e. The standard InChI is InChI=1S/C14H19N3O2S.ClH/c1-9-13(18)17-11-8-10(4-5-12(11)20-9)14(19)16-7-3-6-15-2;/h4-5,8-9,15H,3,6-7H2,1-2H3,(H,16,19)(H,17,18);1H. The van der Waals surface area contributed by atoms with E-state index in [4.69, 9.17) is 0 Å². The zero-order chi connectivity index (χ0) is 14.5. The van der Waals surface area contributed by atoms with Crippen LogP contribution in [-0.2, 0) is 4.79 Å². The largest absolute Gasteiger partial charge is 0.352 e. The van der Waals surface area contributed by atoms with Gasteiger partial charge in [-0.2, -0.15) is 0 Å². The van der Waals surface area contributed by atoms with Crippen molar-refractivity contribution in [1.82, 2.24) is 10.6 Å². The van der Waals surface area contributed by atoms with E-state index in [2.05, 4.69) is 16.0 Å². The highest BCUT2D eigenvalue weighted by atomic mass is 35.5. The molecule has 0 saturated heterocycles. The Hall–Kier alpha value is -1.24. The predicted octanol–water partition coefficient (Wildman–Crippen LogP) is 1.88. The predicted molar refractivity (Wildman–Crippen MR) is 88.5 cm³/mol. The highest BCUT2D eigenvalue weighted by Gasteiger charge is 2.23. The molecule has 0 bridgehead atoms. The van der Waals surface area contributed by atoms with Crippen LogP contribution in [0, 0.1) is 0 Å². The SMILES string of the molecule is CNCCCNC(=O)c1ccc2c(c1)NC(=O)C(C)S2.Cl. The summed E-state index contributed by atoms with van der Waals surface area (Å²) in [4.78, 5) is 24.6. The second kappa shape index (κ2) is 8.26. The summed E-state index contributed by atoms with van der Waals surface area (Å²) in [5.41, 5.74) is 1.30. The Morgan fingerprint density at radius 1 is 1.38 bits per heavy atom. The lowest BCUT2D eigenvalue weighted by atomic mass is 10.1. The van der Waals surface area contributed by atoms with Crippen molar-refractivity contribution in [2.24, 2.45) is 0 Å². The molecular weight excluding hydrogens is 310 g/mol. The summed E-state index contributed by atoms with van der Waals surface area (Å²) in [5.74, 6) is -0.129. The fourth-order valence-electron chi connectivity index (χ4n) is 1.92. The number of carbonyl (C=O) groups excluding carboxylic acids is 2. The average molecular weight is 330 g/mol. The van der Waals surface area contributed by atoms with E-state index in [1.807, 2.05) is 20.0 Å². The van der Waals surface area contributed by atoms with E-state index in [1.165, 1.54) is 11.8 Å². The number of amides is 2. The van der Waals surface area contributed by atoms with Gasteiger partial charge in [0.15, 0.2) is 0 Å². The minimum atomic E-state index is -0.109. The van der Waals surface area contributed by atoms with Gasteiger partial charge in [-0.1, -0.05) is 0 Å². The molecule has 1 unspecified atom stereocenters. The first kappa shape index (κ1) is 17.8. The molecule has 0 spiro atoms. The first-order chi connectivity index (χ1) is 9.61. The molecule has 1 heterocycles. The molecule has 0 fully saturated rings. The van der Waals surface area contributed by atoms with E-state index >= 15 is 0 Å². The number of carbonyl (C=O) groups is 2. The fourth-order valence-corrected chi connectivity index (χ4v) is 2.85. The fraction of sp³-hybridized carbons (Fsp3) is 0.429. The third-order valence-corrected chi connectivity index (χ3v) is 4.24. The van der Waals surface area contributed by atoms with E-state index in [0.29, 0.717) is 12.1 Å². The third-order valence-electron chi connectivity index (χ3n) is 3.06. The molecule has 2 rings (SSSR count). The lowest BCUT2D eigenvalue weighted by molar-refractivity contribution is -0.115. The van der Waals surface area contributed by atoms with Crippen molar-refractivity contribution >= 4 is 41.7 Å². The van der Waals surface area contributed by atoms with Crippen LogP contribution in [-0.4, -0.2) is 37.2 Å². The zero-order valence-electron chi connectivity index (χ0n) is 12.1. The molecule has 1 aliphatic heterocycles. The molecule has 21 heavy (non-hydrogen) atoms. The smallest absolute Gasteiger partial charge is 0.251 e. The normalized spacial score (nSPS) is 16.5. The van der Waals surface area contributed by atoms with Crippen molar-refractivity contribution < 1.29 is 9.59 Å². The van der Waals surface area contributed by atoms with Crippen LogP contribution in [0.25, 0.3) is 0 Å². The van der Waals surface area contributed by atoms with Gasteiger partial charge in [-0.05, 0) is 45.1 Å². The van der Waals surface area contributed by atoms with Crippen LogP contribution in [0.1, 0.15) is 23.7 Å². The van der Waals surface area contributed by atoms with Gasteiger partial charge in [0, 0.05) is 17.0 Å². The van der Waals surface area contributed by atoms with Crippen LogP contribution in [0.15, 0.2) is 23.1 Å². The monoisotopic (exact) mass is 329 g/mol. The molecule has 0 aromatic heterocycles. The summed E-state index contributed by atoms with van der Waals surface area (Å²) in [6, 6.07) is 5.42. The van der Waals surface area contributed by atoms with Crippen molar-refractivity contribution in [1.29, 1.82) is 0 Å². The van der Waals surface area contributed by atoms with Crippen LogP contribution < -0.4 is 16.0 Å². The molecule has 5 nitrogen and oxygen atoms in total. The second-order valence-electron chi connectivity index (χ2n) is 4.67. The Labute approximate surface area is 135 Å². The maximum absolute atomic E-state index is 12.0. The van der Waals surface area contributed by atoms with Crippen molar-refractivity contribution in [3.8, 4) is 0 Å². The molecule has 2 amide bonds. The number of rotatable bonds is 5. The van der Waals surface area contributed by atoms with Gasteiger partial charge in [-0.3, -0.25) is 9.59 Å². The molecule has 1 aromatic carbocycles. The molecule has 0 radical (unpaired) electrons. The lowest BCUT2D eigenvalue weighted by Gasteiger charge is -2.21. The van der Waals surface area contributed by atoms with E-state index in [0.717, 1.165) is 23.5 Å². The molecule has 3 N–H and O–H groups in total. The van der Waals surface area contributed by atoms with E-state index < -0.39 is 0 Å². The summed E-state index contributed by atoms with van der Waals surface area (Å²) in [7, 11) is 1.88. The molecule has 7 heteroatoms. The van der Waals surface area contributed by atoms with Crippen molar-refractivity contribution in [2.75, 3.05) is 25.5 Å². The lowest BCUT2D eigenvalue weighted by Crippen LogP contribution is -2.28. The number of halogens is 1. The highest BCUT2D eigenvalue weighted by molar-refractivity contribution is 8.00. The molecular formula is C14H20ClN3O2S. The summed E-state index contributed by atoms with van der Waals surface area (Å²) >= 11 is 1.51. The minimum Gasteiger partial charge on any atom is -0.352 e. The number of fused-ring (bicyclic) bond motifs is 1. The van der Waals surface area contributed by atoms with Gasteiger partial charge in [0.1, 0.15) is 0 Å². The number of hydrogen-bond acceptors (Lipinski definition) is 4. The average Bonchev–Trinajstić information content (AvgIpc) is 2.44.